The van der Waals surface area contributed by atoms with Crippen molar-refractivity contribution in [1.29, 1.82) is 0 Å². The van der Waals surface area contributed by atoms with Gasteiger partial charge in [-0.1, -0.05) is 23.7 Å². The lowest BCUT2D eigenvalue weighted by Crippen LogP contribution is -2.28. The van der Waals surface area contributed by atoms with Gasteiger partial charge in [-0.25, -0.2) is 0 Å². The van der Waals surface area contributed by atoms with Crippen molar-refractivity contribution in [2.45, 2.75) is 19.4 Å². The average molecular weight is 263 g/mol. The minimum absolute atomic E-state index is 0. The lowest BCUT2D eigenvalue weighted by atomic mass is 10.1. The number of rotatable bonds is 4. The van der Waals surface area contributed by atoms with Gasteiger partial charge in [-0.15, -0.1) is 12.4 Å². The van der Waals surface area contributed by atoms with E-state index in [4.69, 9.17) is 17.3 Å². The van der Waals surface area contributed by atoms with Gasteiger partial charge in [-0.2, -0.15) is 0 Å². The molecular weight excluding hydrogens is 247 g/mol. The maximum absolute atomic E-state index is 11.3. The van der Waals surface area contributed by atoms with Crippen molar-refractivity contribution < 1.29 is 4.79 Å². The number of benzene rings is 1. The van der Waals surface area contributed by atoms with Crippen LogP contribution in [0.5, 0.6) is 0 Å². The number of hydrogen-bond acceptors (Lipinski definition) is 2. The SMILES string of the molecule is CC(NC(=O)CCN)c1ccc(Cl)cc1.Cl. The van der Waals surface area contributed by atoms with E-state index in [1.54, 1.807) is 0 Å². The fourth-order valence-electron chi connectivity index (χ4n) is 1.28. The predicted molar refractivity (Wildman–Crippen MR) is 68.9 cm³/mol. The van der Waals surface area contributed by atoms with Crippen LogP contribution in [0.3, 0.4) is 0 Å². The molecule has 1 amide bonds. The molecule has 0 saturated carbocycles. The summed E-state index contributed by atoms with van der Waals surface area (Å²) in [5, 5.41) is 3.55. The lowest BCUT2D eigenvalue weighted by molar-refractivity contribution is -0.121. The zero-order valence-electron chi connectivity index (χ0n) is 9.07. The molecule has 16 heavy (non-hydrogen) atoms. The number of carbonyl (C=O) groups is 1. The first-order chi connectivity index (χ1) is 7.13. The number of carbonyl (C=O) groups excluding carboxylic acids is 1. The molecule has 0 aliphatic heterocycles. The van der Waals surface area contributed by atoms with E-state index in [1.165, 1.54) is 0 Å². The Hall–Kier alpha value is -0.770. The zero-order valence-corrected chi connectivity index (χ0v) is 10.6. The van der Waals surface area contributed by atoms with Crippen molar-refractivity contribution in [3.8, 4) is 0 Å². The molecule has 0 spiro atoms. The number of hydrogen-bond donors (Lipinski definition) is 2. The topological polar surface area (TPSA) is 55.1 Å². The summed E-state index contributed by atoms with van der Waals surface area (Å²) in [4.78, 5) is 11.3. The van der Waals surface area contributed by atoms with Gasteiger partial charge in [0.25, 0.3) is 0 Å². The Balaban J connectivity index is 0.00000225. The van der Waals surface area contributed by atoms with Gasteiger partial charge < -0.3 is 11.1 Å². The minimum atomic E-state index is -0.0278. The Morgan fingerprint density at radius 1 is 1.44 bits per heavy atom. The molecule has 1 atom stereocenters. The van der Waals surface area contributed by atoms with Gasteiger partial charge in [0.1, 0.15) is 0 Å². The second-order valence-corrected chi connectivity index (χ2v) is 3.82. The quantitative estimate of drug-likeness (QED) is 0.875. The lowest BCUT2D eigenvalue weighted by Gasteiger charge is -2.13. The first kappa shape index (κ1) is 15.2. The van der Waals surface area contributed by atoms with Crippen molar-refractivity contribution in [3.05, 3.63) is 34.9 Å². The summed E-state index contributed by atoms with van der Waals surface area (Å²) in [7, 11) is 0. The third-order valence-corrected chi connectivity index (χ3v) is 2.37. The maximum atomic E-state index is 11.3. The van der Waals surface area contributed by atoms with Crippen molar-refractivity contribution in [1.82, 2.24) is 5.32 Å². The molecule has 0 radical (unpaired) electrons. The van der Waals surface area contributed by atoms with E-state index in [9.17, 15) is 4.79 Å². The molecule has 0 aliphatic rings. The molecule has 3 nitrogen and oxygen atoms in total. The van der Waals surface area contributed by atoms with Crippen LogP contribution in [-0.2, 0) is 4.79 Å². The van der Waals surface area contributed by atoms with E-state index in [2.05, 4.69) is 5.32 Å². The second kappa shape index (κ2) is 7.49. The van der Waals surface area contributed by atoms with Gasteiger partial charge >= 0.3 is 0 Å². The summed E-state index contributed by atoms with van der Waals surface area (Å²) < 4.78 is 0. The molecule has 0 aliphatic carbocycles. The normalized spacial score (nSPS) is 11.4. The molecular formula is C11H16Cl2N2O. The number of nitrogens with one attached hydrogen (secondary N) is 1. The Labute approximate surface area is 107 Å². The van der Waals surface area contributed by atoms with Gasteiger partial charge in [0.05, 0.1) is 6.04 Å². The van der Waals surface area contributed by atoms with Crippen molar-refractivity contribution in [2.75, 3.05) is 6.54 Å². The van der Waals surface area contributed by atoms with Crippen LogP contribution in [0.4, 0.5) is 0 Å². The minimum Gasteiger partial charge on any atom is -0.350 e. The van der Waals surface area contributed by atoms with Crippen LogP contribution in [0.25, 0.3) is 0 Å². The Morgan fingerprint density at radius 2 is 2.00 bits per heavy atom. The average Bonchev–Trinajstić information content (AvgIpc) is 2.18. The van der Waals surface area contributed by atoms with E-state index < -0.39 is 0 Å². The molecule has 0 saturated heterocycles. The summed E-state index contributed by atoms with van der Waals surface area (Å²) >= 11 is 5.77. The summed E-state index contributed by atoms with van der Waals surface area (Å²) in [6.45, 7) is 2.30. The Bertz CT molecular complexity index is 327. The number of halogens is 2. The van der Waals surface area contributed by atoms with E-state index in [-0.39, 0.29) is 24.4 Å². The molecule has 1 rings (SSSR count). The van der Waals surface area contributed by atoms with Crippen molar-refractivity contribution in [3.63, 3.8) is 0 Å². The third kappa shape index (κ3) is 4.84. The highest BCUT2D eigenvalue weighted by Gasteiger charge is 2.08. The Kier molecular flexibility index (Phi) is 7.13. The summed E-state index contributed by atoms with van der Waals surface area (Å²) in [6.07, 6.45) is 0.359. The molecule has 5 heteroatoms. The van der Waals surface area contributed by atoms with E-state index in [1.807, 2.05) is 31.2 Å². The van der Waals surface area contributed by atoms with Crippen LogP contribution in [0.15, 0.2) is 24.3 Å². The van der Waals surface area contributed by atoms with Gasteiger partial charge in [0, 0.05) is 18.0 Å². The highest BCUT2D eigenvalue weighted by Crippen LogP contribution is 2.15. The van der Waals surface area contributed by atoms with Crippen LogP contribution in [0.2, 0.25) is 5.02 Å². The predicted octanol–water partition coefficient (Wildman–Crippen LogP) is 2.29. The first-order valence-electron chi connectivity index (χ1n) is 4.88. The molecule has 0 heterocycles. The smallest absolute Gasteiger partial charge is 0.221 e. The number of nitrogens with two attached hydrogens (primary N) is 1. The van der Waals surface area contributed by atoms with Gasteiger partial charge in [0.15, 0.2) is 0 Å². The second-order valence-electron chi connectivity index (χ2n) is 3.38. The molecule has 1 aromatic carbocycles. The third-order valence-electron chi connectivity index (χ3n) is 2.12. The van der Waals surface area contributed by atoms with Gasteiger partial charge in [-0.05, 0) is 24.6 Å². The van der Waals surface area contributed by atoms with Crippen LogP contribution in [-0.4, -0.2) is 12.5 Å². The summed E-state index contributed by atoms with van der Waals surface area (Å²) in [5.41, 5.74) is 6.32. The van der Waals surface area contributed by atoms with Gasteiger partial charge in [0.2, 0.25) is 5.91 Å². The molecule has 0 bridgehead atoms. The fourth-order valence-corrected chi connectivity index (χ4v) is 1.41. The highest BCUT2D eigenvalue weighted by molar-refractivity contribution is 6.30. The highest BCUT2D eigenvalue weighted by atomic mass is 35.5. The molecule has 1 unspecified atom stereocenters. The summed E-state index contributed by atoms with van der Waals surface area (Å²) in [6, 6.07) is 7.40. The molecule has 0 fully saturated rings. The monoisotopic (exact) mass is 262 g/mol. The standard InChI is InChI=1S/C11H15ClN2O.ClH/c1-8(14-11(15)6-7-13)9-2-4-10(12)5-3-9;/h2-5,8H,6-7,13H2,1H3,(H,14,15);1H. The largest absolute Gasteiger partial charge is 0.350 e. The molecule has 0 aromatic heterocycles. The molecule has 90 valence electrons. The van der Waals surface area contributed by atoms with E-state index >= 15 is 0 Å². The van der Waals surface area contributed by atoms with E-state index in [0.717, 1.165) is 5.56 Å². The maximum Gasteiger partial charge on any atom is 0.221 e. The Morgan fingerprint density at radius 3 is 2.50 bits per heavy atom. The van der Waals surface area contributed by atoms with Crippen molar-refractivity contribution >= 4 is 29.9 Å². The van der Waals surface area contributed by atoms with Crippen molar-refractivity contribution in [2.24, 2.45) is 5.73 Å². The van der Waals surface area contributed by atoms with Crippen LogP contribution in [0.1, 0.15) is 24.9 Å². The molecule has 1 aromatic rings. The fraction of sp³-hybridized carbons (Fsp3) is 0.364. The van der Waals surface area contributed by atoms with Gasteiger partial charge in [-0.3, -0.25) is 4.79 Å². The molecule has 3 N–H and O–H groups in total. The summed E-state index contributed by atoms with van der Waals surface area (Å²) in [5.74, 6) is -0.0278. The van der Waals surface area contributed by atoms with Crippen LogP contribution >= 0.6 is 24.0 Å². The zero-order chi connectivity index (χ0) is 11.3. The van der Waals surface area contributed by atoms with Crippen LogP contribution < -0.4 is 11.1 Å². The van der Waals surface area contributed by atoms with Crippen LogP contribution in [0, 0.1) is 0 Å². The van der Waals surface area contributed by atoms with E-state index in [0.29, 0.717) is 18.0 Å². The number of amides is 1. The first-order valence-corrected chi connectivity index (χ1v) is 5.26.